The molecule has 1 amide bonds. The molecule has 0 aliphatic rings. The van der Waals surface area contributed by atoms with Crippen molar-refractivity contribution in [2.24, 2.45) is 0 Å². The number of hydrogen-bond donors (Lipinski definition) is 2. The van der Waals surface area contributed by atoms with E-state index in [2.05, 4.69) is 35.2 Å². The van der Waals surface area contributed by atoms with Crippen molar-refractivity contribution < 1.29 is 13.2 Å². The van der Waals surface area contributed by atoms with Crippen molar-refractivity contribution in [3.63, 3.8) is 0 Å². The van der Waals surface area contributed by atoms with Gasteiger partial charge in [0.05, 0.1) is 4.90 Å². The molecule has 4 rings (SSSR count). The van der Waals surface area contributed by atoms with Crippen LogP contribution in [0.2, 0.25) is 0 Å². The fourth-order valence-corrected chi connectivity index (χ4v) is 3.85. The molecule has 0 unspecified atom stereocenters. The number of imidazole rings is 1. The summed E-state index contributed by atoms with van der Waals surface area (Å²) < 4.78 is 29.3. The predicted molar refractivity (Wildman–Crippen MR) is 116 cm³/mol. The molecular formula is C20H18N8O3S. The summed E-state index contributed by atoms with van der Waals surface area (Å²) in [5, 5.41) is 10.6. The normalized spacial score (nSPS) is 11.2. The Morgan fingerprint density at radius 1 is 1.00 bits per heavy atom. The van der Waals surface area contributed by atoms with Crippen LogP contribution in [0.1, 0.15) is 22.0 Å². The van der Waals surface area contributed by atoms with E-state index in [-0.39, 0.29) is 16.4 Å². The van der Waals surface area contributed by atoms with E-state index in [0.717, 1.165) is 0 Å². The minimum Gasteiger partial charge on any atom is -0.321 e. The number of benzene rings is 1. The Kier molecular flexibility index (Phi) is 5.60. The molecule has 0 spiro atoms. The van der Waals surface area contributed by atoms with Gasteiger partial charge in [0.25, 0.3) is 15.9 Å². The SMILES string of the molecule is Cc1cc(NS(=O)(=O)c2ccc(NC(=O)c3ccc(-n4ccnc4)nn3)cc2)nc(C)n1. The van der Waals surface area contributed by atoms with Crippen LogP contribution in [0.4, 0.5) is 11.5 Å². The van der Waals surface area contributed by atoms with Crippen LogP contribution in [-0.2, 0) is 10.0 Å². The van der Waals surface area contributed by atoms with Gasteiger partial charge in [0.1, 0.15) is 18.0 Å². The summed E-state index contributed by atoms with van der Waals surface area (Å²) in [6.45, 7) is 3.43. The Hall–Kier alpha value is -4.19. The highest BCUT2D eigenvalue weighted by Gasteiger charge is 2.16. The van der Waals surface area contributed by atoms with Crippen LogP contribution >= 0.6 is 0 Å². The van der Waals surface area contributed by atoms with Gasteiger partial charge in [0.15, 0.2) is 11.5 Å². The lowest BCUT2D eigenvalue weighted by Gasteiger charge is -2.10. The van der Waals surface area contributed by atoms with E-state index in [1.807, 2.05) is 0 Å². The monoisotopic (exact) mass is 450 g/mol. The van der Waals surface area contributed by atoms with Gasteiger partial charge in [-0.2, -0.15) is 0 Å². The highest BCUT2D eigenvalue weighted by molar-refractivity contribution is 7.92. The molecule has 0 saturated heterocycles. The first-order valence-electron chi connectivity index (χ1n) is 9.39. The second kappa shape index (κ2) is 8.51. The van der Waals surface area contributed by atoms with Gasteiger partial charge in [-0.3, -0.25) is 14.1 Å². The minimum atomic E-state index is -3.85. The zero-order chi connectivity index (χ0) is 22.7. The van der Waals surface area contributed by atoms with Gasteiger partial charge in [-0.05, 0) is 50.2 Å². The predicted octanol–water partition coefficient (Wildman–Crippen LogP) is 2.12. The summed E-state index contributed by atoms with van der Waals surface area (Å²) in [4.78, 5) is 24.6. The Morgan fingerprint density at radius 3 is 2.41 bits per heavy atom. The van der Waals surface area contributed by atoms with E-state index in [0.29, 0.717) is 23.0 Å². The van der Waals surface area contributed by atoms with Crippen LogP contribution in [0, 0.1) is 13.8 Å². The minimum absolute atomic E-state index is 0.0221. The van der Waals surface area contributed by atoms with Crippen LogP contribution in [0.15, 0.2) is 66.1 Å². The van der Waals surface area contributed by atoms with Gasteiger partial charge >= 0.3 is 0 Å². The number of carbonyl (C=O) groups is 1. The second-order valence-electron chi connectivity index (χ2n) is 6.77. The van der Waals surface area contributed by atoms with E-state index < -0.39 is 15.9 Å². The van der Waals surface area contributed by atoms with Crippen molar-refractivity contribution in [2.45, 2.75) is 18.7 Å². The maximum Gasteiger partial charge on any atom is 0.276 e. The number of nitrogens with one attached hydrogen (secondary N) is 2. The fraction of sp³-hybridized carbons (Fsp3) is 0.100. The molecule has 162 valence electrons. The maximum atomic E-state index is 12.6. The number of aryl methyl sites for hydroxylation is 2. The molecule has 0 bridgehead atoms. The number of rotatable bonds is 6. The highest BCUT2D eigenvalue weighted by Crippen LogP contribution is 2.18. The number of amides is 1. The van der Waals surface area contributed by atoms with Gasteiger partial charge in [-0.1, -0.05) is 0 Å². The smallest absolute Gasteiger partial charge is 0.276 e. The third kappa shape index (κ3) is 4.75. The number of carbonyl (C=O) groups excluding carboxylic acids is 1. The molecule has 32 heavy (non-hydrogen) atoms. The van der Waals surface area contributed by atoms with Gasteiger partial charge in [-0.15, -0.1) is 10.2 Å². The third-order valence-electron chi connectivity index (χ3n) is 4.28. The first-order valence-corrected chi connectivity index (χ1v) is 10.9. The molecule has 0 radical (unpaired) electrons. The molecule has 0 saturated carbocycles. The number of sulfonamides is 1. The standard InChI is InChI=1S/C20H18N8O3S/c1-13-11-18(23-14(2)22-13)27-32(30,31)16-5-3-15(4-6-16)24-20(29)17-7-8-19(26-25-17)28-10-9-21-12-28/h3-12H,1-2H3,(H,24,29)(H,22,23,27). The van der Waals surface area contributed by atoms with Crippen molar-refractivity contribution in [3.05, 3.63) is 78.4 Å². The molecule has 0 aliphatic carbocycles. The largest absolute Gasteiger partial charge is 0.321 e. The molecular weight excluding hydrogens is 432 g/mol. The van der Waals surface area contributed by atoms with Gasteiger partial charge < -0.3 is 5.32 Å². The average Bonchev–Trinajstić information content (AvgIpc) is 3.28. The van der Waals surface area contributed by atoms with Crippen molar-refractivity contribution in [2.75, 3.05) is 10.0 Å². The molecule has 2 N–H and O–H groups in total. The summed E-state index contributed by atoms with van der Waals surface area (Å²) in [6.07, 6.45) is 4.89. The van der Waals surface area contributed by atoms with E-state index in [4.69, 9.17) is 0 Å². The lowest BCUT2D eigenvalue weighted by Crippen LogP contribution is -2.16. The number of anilines is 2. The Morgan fingerprint density at radius 2 is 1.78 bits per heavy atom. The molecule has 12 heteroatoms. The molecule has 1 aromatic carbocycles. The molecule has 4 aromatic rings. The van der Waals surface area contributed by atoms with Gasteiger partial charge in [0, 0.05) is 29.8 Å². The summed E-state index contributed by atoms with van der Waals surface area (Å²) in [5.74, 6) is 0.692. The molecule has 3 aromatic heterocycles. The topological polar surface area (TPSA) is 145 Å². The molecule has 0 aliphatic heterocycles. The van der Waals surface area contributed by atoms with Crippen LogP contribution in [-0.4, -0.2) is 44.0 Å². The van der Waals surface area contributed by atoms with Crippen LogP contribution in [0.3, 0.4) is 0 Å². The summed E-state index contributed by atoms with van der Waals surface area (Å²) in [5.41, 5.74) is 1.17. The molecule has 0 fully saturated rings. The summed E-state index contributed by atoms with van der Waals surface area (Å²) in [7, 11) is -3.85. The van der Waals surface area contributed by atoms with Crippen molar-refractivity contribution in [1.82, 2.24) is 29.7 Å². The van der Waals surface area contributed by atoms with Crippen molar-refractivity contribution >= 4 is 27.4 Å². The number of hydrogen-bond acceptors (Lipinski definition) is 8. The zero-order valence-electron chi connectivity index (χ0n) is 17.1. The van der Waals surface area contributed by atoms with Crippen LogP contribution in [0.5, 0.6) is 0 Å². The molecule has 11 nitrogen and oxygen atoms in total. The summed E-state index contributed by atoms with van der Waals surface area (Å²) in [6, 6.07) is 10.4. The first kappa shape index (κ1) is 21.1. The lowest BCUT2D eigenvalue weighted by molar-refractivity contribution is 0.102. The van der Waals surface area contributed by atoms with E-state index in [1.54, 1.807) is 43.2 Å². The average molecular weight is 450 g/mol. The summed E-state index contributed by atoms with van der Waals surface area (Å²) >= 11 is 0. The van der Waals surface area contributed by atoms with Crippen molar-refractivity contribution in [3.8, 4) is 5.82 Å². The quantitative estimate of drug-likeness (QED) is 0.454. The maximum absolute atomic E-state index is 12.6. The first-order chi connectivity index (χ1) is 15.3. The van der Waals surface area contributed by atoms with E-state index >= 15 is 0 Å². The number of aromatic nitrogens is 6. The van der Waals surface area contributed by atoms with Crippen LogP contribution < -0.4 is 10.0 Å². The van der Waals surface area contributed by atoms with Crippen molar-refractivity contribution in [1.29, 1.82) is 0 Å². The molecule has 0 atom stereocenters. The van der Waals surface area contributed by atoms with Gasteiger partial charge in [0.2, 0.25) is 0 Å². The Labute approximate surface area is 183 Å². The van der Waals surface area contributed by atoms with Crippen LogP contribution in [0.25, 0.3) is 5.82 Å². The molecule has 3 heterocycles. The van der Waals surface area contributed by atoms with E-state index in [9.17, 15) is 13.2 Å². The third-order valence-corrected chi connectivity index (χ3v) is 5.65. The fourth-order valence-electron chi connectivity index (χ4n) is 2.86. The highest BCUT2D eigenvalue weighted by atomic mass is 32.2. The number of nitrogens with zero attached hydrogens (tertiary/aromatic N) is 6. The lowest BCUT2D eigenvalue weighted by atomic mass is 10.3. The van der Waals surface area contributed by atoms with Gasteiger partial charge in [-0.25, -0.2) is 23.4 Å². The second-order valence-corrected chi connectivity index (χ2v) is 8.45. The zero-order valence-corrected chi connectivity index (χ0v) is 17.9. The Bertz CT molecular complexity index is 1330. The Balaban J connectivity index is 1.44. The van der Waals surface area contributed by atoms with E-state index in [1.165, 1.54) is 36.4 Å².